The Morgan fingerprint density at radius 2 is 2.12 bits per heavy atom. The van der Waals surface area contributed by atoms with Crippen molar-refractivity contribution >= 4 is 6.03 Å². The molecule has 0 bridgehead atoms. The maximum Gasteiger partial charge on any atom is 0.315 e. The quantitative estimate of drug-likeness (QED) is 0.682. The van der Waals surface area contributed by atoms with Crippen LogP contribution in [0.1, 0.15) is 30.5 Å². The Balaban J connectivity index is 2.46. The third-order valence-electron chi connectivity index (χ3n) is 2.62. The number of aliphatic hydroxyl groups is 1. The molecule has 1 aromatic rings. The lowest BCUT2D eigenvalue weighted by molar-refractivity contribution is 0.235. The number of rotatable bonds is 5. The molecule has 0 fully saturated rings. The van der Waals surface area contributed by atoms with Gasteiger partial charge in [-0.1, -0.05) is 24.3 Å². The highest BCUT2D eigenvalue weighted by atomic mass is 16.3. The van der Waals surface area contributed by atoms with Crippen LogP contribution in [0.3, 0.4) is 0 Å². The lowest BCUT2D eigenvalue weighted by Gasteiger charge is -2.16. The van der Waals surface area contributed by atoms with Crippen LogP contribution >= 0.6 is 0 Å². The van der Waals surface area contributed by atoms with E-state index in [4.69, 9.17) is 5.11 Å². The molecule has 0 heterocycles. The van der Waals surface area contributed by atoms with E-state index in [1.165, 1.54) is 0 Å². The van der Waals surface area contributed by atoms with Crippen LogP contribution in [0.25, 0.3) is 0 Å². The van der Waals surface area contributed by atoms with Gasteiger partial charge >= 0.3 is 6.03 Å². The second-order valence-corrected chi connectivity index (χ2v) is 4.06. The summed E-state index contributed by atoms with van der Waals surface area (Å²) < 4.78 is 0. The number of nitrogens with one attached hydrogen (secondary N) is 2. The van der Waals surface area contributed by atoms with Crippen LogP contribution in [-0.4, -0.2) is 24.3 Å². The highest BCUT2D eigenvalue weighted by Crippen LogP contribution is 2.16. The van der Waals surface area contributed by atoms with Crippen molar-refractivity contribution in [3.8, 4) is 0 Å². The number of urea groups is 1. The van der Waals surface area contributed by atoms with Gasteiger partial charge in [-0.05, 0) is 31.4 Å². The fourth-order valence-electron chi connectivity index (χ4n) is 1.68. The molecule has 1 aromatic carbocycles. The van der Waals surface area contributed by atoms with Crippen molar-refractivity contribution in [2.45, 2.75) is 26.3 Å². The van der Waals surface area contributed by atoms with Crippen LogP contribution in [0.2, 0.25) is 0 Å². The molecule has 0 aromatic heterocycles. The first-order chi connectivity index (χ1) is 8.15. The minimum Gasteiger partial charge on any atom is -0.396 e. The molecule has 0 saturated carbocycles. The molecule has 94 valence electrons. The van der Waals surface area contributed by atoms with Crippen molar-refractivity contribution in [3.05, 3.63) is 35.4 Å². The zero-order valence-corrected chi connectivity index (χ0v) is 10.4. The van der Waals surface area contributed by atoms with Gasteiger partial charge in [-0.15, -0.1) is 0 Å². The van der Waals surface area contributed by atoms with E-state index in [2.05, 4.69) is 10.6 Å². The fraction of sp³-hybridized carbons (Fsp3) is 0.462. The summed E-state index contributed by atoms with van der Waals surface area (Å²) in [5, 5.41) is 14.2. The molecule has 1 unspecified atom stereocenters. The minimum atomic E-state index is -0.200. The van der Waals surface area contributed by atoms with Gasteiger partial charge in [-0.25, -0.2) is 4.79 Å². The molecule has 2 amide bonds. The SMILES string of the molecule is Cc1ccccc1C(C)NC(=O)NCCCO. The summed E-state index contributed by atoms with van der Waals surface area (Å²) in [6, 6.07) is 7.75. The molecule has 0 spiro atoms. The van der Waals surface area contributed by atoms with Crippen molar-refractivity contribution in [2.75, 3.05) is 13.2 Å². The Kier molecular flexibility index (Phi) is 5.49. The molecular formula is C13H20N2O2. The highest BCUT2D eigenvalue weighted by Gasteiger charge is 2.10. The van der Waals surface area contributed by atoms with Crippen LogP contribution in [-0.2, 0) is 0 Å². The summed E-state index contributed by atoms with van der Waals surface area (Å²) in [6.07, 6.45) is 0.576. The second-order valence-electron chi connectivity index (χ2n) is 4.06. The molecule has 17 heavy (non-hydrogen) atoms. The number of hydrogen-bond acceptors (Lipinski definition) is 2. The smallest absolute Gasteiger partial charge is 0.315 e. The molecular weight excluding hydrogens is 216 g/mol. The molecule has 0 saturated heterocycles. The van der Waals surface area contributed by atoms with Crippen molar-refractivity contribution in [2.24, 2.45) is 0 Å². The number of benzene rings is 1. The number of aliphatic hydroxyl groups excluding tert-OH is 1. The van der Waals surface area contributed by atoms with E-state index in [-0.39, 0.29) is 18.7 Å². The Labute approximate surface area is 102 Å². The second kappa shape index (κ2) is 6.91. The van der Waals surface area contributed by atoms with Gasteiger partial charge in [0.05, 0.1) is 6.04 Å². The Morgan fingerprint density at radius 3 is 2.76 bits per heavy atom. The summed E-state index contributed by atoms with van der Waals surface area (Å²) in [6.45, 7) is 4.56. The monoisotopic (exact) mass is 236 g/mol. The normalized spacial score (nSPS) is 11.9. The number of carbonyl (C=O) groups excluding carboxylic acids is 1. The molecule has 4 nitrogen and oxygen atoms in total. The van der Waals surface area contributed by atoms with Gasteiger partial charge in [0.25, 0.3) is 0 Å². The number of amides is 2. The molecule has 0 radical (unpaired) electrons. The van der Waals surface area contributed by atoms with Gasteiger partial charge in [-0.2, -0.15) is 0 Å². The van der Waals surface area contributed by atoms with Gasteiger partial charge in [0.1, 0.15) is 0 Å². The van der Waals surface area contributed by atoms with E-state index in [9.17, 15) is 4.79 Å². The van der Waals surface area contributed by atoms with E-state index >= 15 is 0 Å². The number of aryl methyl sites for hydroxylation is 1. The van der Waals surface area contributed by atoms with E-state index in [1.807, 2.05) is 38.1 Å². The molecule has 4 heteroatoms. The van der Waals surface area contributed by atoms with Crippen molar-refractivity contribution in [1.29, 1.82) is 0 Å². The summed E-state index contributed by atoms with van der Waals surface area (Å²) >= 11 is 0. The first-order valence-electron chi connectivity index (χ1n) is 5.86. The van der Waals surface area contributed by atoms with Crippen LogP contribution in [0, 0.1) is 6.92 Å². The minimum absolute atomic E-state index is 0.0228. The lowest BCUT2D eigenvalue weighted by Crippen LogP contribution is -2.37. The topological polar surface area (TPSA) is 61.4 Å². The summed E-state index contributed by atoms with van der Waals surface area (Å²) in [7, 11) is 0. The average molecular weight is 236 g/mol. The molecule has 0 aliphatic heterocycles. The van der Waals surface area contributed by atoms with E-state index in [0.717, 1.165) is 11.1 Å². The van der Waals surface area contributed by atoms with Gasteiger partial charge in [0.2, 0.25) is 0 Å². The molecule has 1 rings (SSSR count). The Hall–Kier alpha value is -1.55. The number of hydrogen-bond donors (Lipinski definition) is 3. The fourth-order valence-corrected chi connectivity index (χ4v) is 1.68. The summed E-state index contributed by atoms with van der Waals surface area (Å²) in [5.41, 5.74) is 2.28. The molecule has 1 atom stereocenters. The largest absolute Gasteiger partial charge is 0.396 e. The zero-order chi connectivity index (χ0) is 12.7. The average Bonchev–Trinajstić information content (AvgIpc) is 2.29. The van der Waals surface area contributed by atoms with Gasteiger partial charge in [0, 0.05) is 13.2 Å². The maximum atomic E-state index is 11.5. The molecule has 0 aliphatic rings. The van der Waals surface area contributed by atoms with E-state index < -0.39 is 0 Å². The Bertz CT molecular complexity index is 366. The number of carbonyl (C=O) groups is 1. The zero-order valence-electron chi connectivity index (χ0n) is 10.4. The first kappa shape index (κ1) is 13.5. The van der Waals surface area contributed by atoms with Gasteiger partial charge in [0.15, 0.2) is 0 Å². The van der Waals surface area contributed by atoms with Crippen LogP contribution in [0.15, 0.2) is 24.3 Å². The van der Waals surface area contributed by atoms with Crippen LogP contribution < -0.4 is 10.6 Å². The predicted octanol–water partition coefficient (Wildman–Crippen LogP) is 1.74. The lowest BCUT2D eigenvalue weighted by atomic mass is 10.0. The van der Waals surface area contributed by atoms with Crippen LogP contribution in [0.5, 0.6) is 0 Å². The van der Waals surface area contributed by atoms with Gasteiger partial charge in [-0.3, -0.25) is 0 Å². The maximum absolute atomic E-state index is 11.5. The van der Waals surface area contributed by atoms with Crippen LogP contribution in [0.4, 0.5) is 4.79 Å². The third-order valence-corrected chi connectivity index (χ3v) is 2.62. The summed E-state index contributed by atoms with van der Waals surface area (Å²) in [4.78, 5) is 11.5. The van der Waals surface area contributed by atoms with E-state index in [1.54, 1.807) is 0 Å². The van der Waals surface area contributed by atoms with Crippen molar-refractivity contribution in [1.82, 2.24) is 10.6 Å². The van der Waals surface area contributed by atoms with Crippen molar-refractivity contribution in [3.63, 3.8) is 0 Å². The Morgan fingerprint density at radius 1 is 1.41 bits per heavy atom. The standard InChI is InChI=1S/C13H20N2O2/c1-10-6-3-4-7-12(10)11(2)15-13(17)14-8-5-9-16/h3-4,6-7,11,16H,5,8-9H2,1-2H3,(H2,14,15,17). The molecule has 0 aliphatic carbocycles. The van der Waals surface area contributed by atoms with Gasteiger partial charge < -0.3 is 15.7 Å². The third kappa shape index (κ3) is 4.44. The van der Waals surface area contributed by atoms with Crippen molar-refractivity contribution < 1.29 is 9.90 Å². The predicted molar refractivity (Wildman–Crippen MR) is 67.8 cm³/mol. The van der Waals surface area contributed by atoms with E-state index in [0.29, 0.717) is 13.0 Å². The first-order valence-corrected chi connectivity index (χ1v) is 5.86. The highest BCUT2D eigenvalue weighted by molar-refractivity contribution is 5.74. The summed E-state index contributed by atoms with van der Waals surface area (Å²) in [5.74, 6) is 0. The molecule has 3 N–H and O–H groups in total.